The number of piperidine rings is 1. The van der Waals surface area contributed by atoms with E-state index in [9.17, 15) is 4.79 Å². The maximum absolute atomic E-state index is 12.5. The van der Waals surface area contributed by atoms with Crippen LogP contribution in [0, 0.1) is 18.3 Å². The fraction of sp³-hybridized carbons (Fsp3) is 0.429. The summed E-state index contributed by atoms with van der Waals surface area (Å²) in [7, 11) is 0. The molecule has 1 aliphatic rings. The zero-order chi connectivity index (χ0) is 17.3. The van der Waals surface area contributed by atoms with Gasteiger partial charge in [-0.25, -0.2) is 4.68 Å². The molecule has 1 fully saturated rings. The first-order valence-electron chi connectivity index (χ1n) is 7.38. The van der Waals surface area contributed by atoms with Crippen molar-refractivity contribution in [1.82, 2.24) is 30.6 Å². The Bertz CT molecular complexity index is 807. The van der Waals surface area contributed by atoms with E-state index in [0.29, 0.717) is 23.7 Å². The van der Waals surface area contributed by atoms with E-state index in [1.165, 1.54) is 0 Å². The van der Waals surface area contributed by atoms with Crippen LogP contribution < -0.4 is 10.6 Å². The number of aromatic amines is 1. The van der Waals surface area contributed by atoms with Crippen LogP contribution in [0.15, 0.2) is 6.20 Å². The van der Waals surface area contributed by atoms with E-state index in [-0.39, 0.29) is 34.4 Å². The summed E-state index contributed by atoms with van der Waals surface area (Å²) in [6.07, 6.45) is 2.28. The predicted molar refractivity (Wildman–Crippen MR) is 88.1 cm³/mol. The largest absolute Gasteiger partial charge is 0.352 e. The minimum atomic E-state index is -0.326. The summed E-state index contributed by atoms with van der Waals surface area (Å²) < 4.78 is 1.60. The number of rotatable bonds is 3. The zero-order valence-corrected chi connectivity index (χ0v) is 14.3. The highest BCUT2D eigenvalue weighted by molar-refractivity contribution is 6.44. The lowest BCUT2D eigenvalue weighted by atomic mass is 10.0. The molecule has 24 heavy (non-hydrogen) atoms. The van der Waals surface area contributed by atoms with E-state index < -0.39 is 0 Å². The first-order valence-corrected chi connectivity index (χ1v) is 8.14. The van der Waals surface area contributed by atoms with Crippen molar-refractivity contribution in [3.05, 3.63) is 33.3 Å². The molecule has 3 N–H and O–H groups in total. The number of H-pyrrole nitrogens is 1. The van der Waals surface area contributed by atoms with Gasteiger partial charge in [-0.2, -0.15) is 5.26 Å². The molecule has 3 rings (SSSR count). The first-order chi connectivity index (χ1) is 11.5. The van der Waals surface area contributed by atoms with Crippen LogP contribution in [-0.4, -0.2) is 45.0 Å². The van der Waals surface area contributed by atoms with E-state index in [4.69, 9.17) is 28.5 Å². The molecular formula is C14H15Cl2N7O. The number of hydrogen-bond acceptors (Lipinski definition) is 5. The van der Waals surface area contributed by atoms with Crippen LogP contribution in [-0.2, 0) is 0 Å². The second kappa shape index (κ2) is 6.81. The number of aromatic nitrogens is 4. The highest BCUT2D eigenvalue weighted by Gasteiger charge is 2.30. The number of halogens is 2. The van der Waals surface area contributed by atoms with Gasteiger partial charge in [0.25, 0.3) is 5.91 Å². The van der Waals surface area contributed by atoms with Crippen molar-refractivity contribution in [2.45, 2.75) is 25.4 Å². The molecule has 0 saturated carbocycles. The summed E-state index contributed by atoms with van der Waals surface area (Å²) >= 11 is 12.1. The highest BCUT2D eigenvalue weighted by Crippen LogP contribution is 2.29. The normalized spacial score (nSPS) is 20.6. The molecule has 1 aliphatic heterocycles. The van der Waals surface area contributed by atoms with Crippen LogP contribution in [0.1, 0.15) is 34.3 Å². The second-order valence-corrected chi connectivity index (χ2v) is 6.34. The third kappa shape index (κ3) is 3.11. The lowest BCUT2D eigenvalue weighted by Crippen LogP contribution is -2.50. The van der Waals surface area contributed by atoms with Crippen molar-refractivity contribution < 1.29 is 4.79 Å². The molecule has 3 heterocycles. The predicted octanol–water partition coefficient (Wildman–Crippen LogP) is 1.43. The number of carbonyl (C=O) groups excluding carboxylic acids is 1. The Balaban J connectivity index is 1.79. The van der Waals surface area contributed by atoms with Crippen LogP contribution in [0.2, 0.25) is 10.0 Å². The average Bonchev–Trinajstić information content (AvgIpc) is 3.16. The van der Waals surface area contributed by atoms with Crippen LogP contribution in [0.25, 0.3) is 0 Å². The maximum Gasteiger partial charge on any atom is 0.269 e. The van der Waals surface area contributed by atoms with E-state index in [0.717, 1.165) is 6.54 Å². The number of nitriles is 1. The van der Waals surface area contributed by atoms with Gasteiger partial charge in [-0.15, -0.1) is 5.10 Å². The second-order valence-electron chi connectivity index (χ2n) is 5.59. The summed E-state index contributed by atoms with van der Waals surface area (Å²) in [4.78, 5) is 15.4. The van der Waals surface area contributed by atoms with Gasteiger partial charge < -0.3 is 15.6 Å². The molecule has 0 radical (unpaired) electrons. The number of nitrogens with zero attached hydrogens (tertiary/aromatic N) is 4. The third-order valence-corrected chi connectivity index (χ3v) is 4.96. The fourth-order valence-corrected chi connectivity index (χ4v) is 3.16. The molecule has 126 valence electrons. The Kier molecular flexibility index (Phi) is 4.76. The van der Waals surface area contributed by atoms with Gasteiger partial charge in [0.1, 0.15) is 11.8 Å². The Labute approximate surface area is 148 Å². The summed E-state index contributed by atoms with van der Waals surface area (Å²) in [5, 5.41) is 23.4. The average molecular weight is 368 g/mol. The number of aryl methyl sites for hydroxylation is 1. The summed E-state index contributed by atoms with van der Waals surface area (Å²) in [5.41, 5.74) is 1.12. The Morgan fingerprint density at radius 1 is 1.50 bits per heavy atom. The molecule has 0 bridgehead atoms. The summed E-state index contributed by atoms with van der Waals surface area (Å²) in [6, 6.07) is 1.62. The lowest BCUT2D eigenvalue weighted by Gasteiger charge is -2.32. The SMILES string of the molecule is Cc1[nH]c(C(=O)N[C@@H]2CCNC[C@H]2n2cc(C#N)nn2)c(Cl)c1Cl. The molecule has 1 amide bonds. The van der Waals surface area contributed by atoms with Crippen molar-refractivity contribution in [2.75, 3.05) is 13.1 Å². The molecule has 2 aromatic rings. The lowest BCUT2D eigenvalue weighted by molar-refractivity contribution is 0.0905. The van der Waals surface area contributed by atoms with E-state index in [1.54, 1.807) is 17.8 Å². The topological polar surface area (TPSA) is 111 Å². The molecule has 8 nitrogen and oxygen atoms in total. The smallest absolute Gasteiger partial charge is 0.269 e. The monoisotopic (exact) mass is 367 g/mol. The van der Waals surface area contributed by atoms with Crippen molar-refractivity contribution in [3.63, 3.8) is 0 Å². The van der Waals surface area contributed by atoms with Crippen LogP contribution in [0.5, 0.6) is 0 Å². The van der Waals surface area contributed by atoms with Gasteiger partial charge in [0.05, 0.1) is 28.3 Å². The quantitative estimate of drug-likeness (QED) is 0.759. The third-order valence-electron chi connectivity index (χ3n) is 4.01. The Morgan fingerprint density at radius 3 is 2.92 bits per heavy atom. The first kappa shape index (κ1) is 16.8. The molecule has 2 atom stereocenters. The molecule has 0 spiro atoms. The standard InChI is InChI=1S/C14H15Cl2N7O/c1-7-11(15)12(16)13(19-7)14(24)20-9-2-3-18-5-10(9)23-6-8(4-17)21-22-23/h6,9-10,18-19H,2-3,5H2,1H3,(H,20,24)/t9-,10-/m1/s1. The van der Waals surface area contributed by atoms with Gasteiger partial charge >= 0.3 is 0 Å². The van der Waals surface area contributed by atoms with Gasteiger partial charge in [0.15, 0.2) is 5.69 Å². The minimum Gasteiger partial charge on any atom is -0.352 e. The van der Waals surface area contributed by atoms with Gasteiger partial charge in [0.2, 0.25) is 0 Å². The van der Waals surface area contributed by atoms with E-state index >= 15 is 0 Å². The van der Waals surface area contributed by atoms with Gasteiger partial charge in [-0.1, -0.05) is 28.4 Å². The zero-order valence-electron chi connectivity index (χ0n) is 12.8. The summed E-state index contributed by atoms with van der Waals surface area (Å²) in [6.45, 7) is 3.12. The molecule has 10 heteroatoms. The van der Waals surface area contributed by atoms with Crippen LogP contribution in [0.3, 0.4) is 0 Å². The number of carbonyl (C=O) groups is 1. The molecular weight excluding hydrogens is 353 g/mol. The Hall–Kier alpha value is -2.08. The summed E-state index contributed by atoms with van der Waals surface area (Å²) in [5.74, 6) is -0.326. The number of hydrogen-bond donors (Lipinski definition) is 3. The molecule has 0 aromatic carbocycles. The molecule has 0 aliphatic carbocycles. The molecule has 1 saturated heterocycles. The number of amides is 1. The van der Waals surface area contributed by atoms with E-state index in [2.05, 4.69) is 25.9 Å². The van der Waals surface area contributed by atoms with Crippen molar-refractivity contribution in [3.8, 4) is 6.07 Å². The van der Waals surface area contributed by atoms with Gasteiger partial charge in [-0.3, -0.25) is 4.79 Å². The minimum absolute atomic E-state index is 0.150. The van der Waals surface area contributed by atoms with Crippen LogP contribution >= 0.6 is 23.2 Å². The van der Waals surface area contributed by atoms with Gasteiger partial charge in [0, 0.05) is 12.2 Å². The number of nitrogens with one attached hydrogen (secondary N) is 3. The van der Waals surface area contributed by atoms with Crippen LogP contribution in [0.4, 0.5) is 0 Å². The fourth-order valence-electron chi connectivity index (χ4n) is 2.75. The maximum atomic E-state index is 12.5. The molecule has 0 unspecified atom stereocenters. The Morgan fingerprint density at radius 2 is 2.29 bits per heavy atom. The van der Waals surface area contributed by atoms with E-state index in [1.807, 2.05) is 6.07 Å². The van der Waals surface area contributed by atoms with Crippen molar-refractivity contribution in [2.24, 2.45) is 0 Å². The van der Waals surface area contributed by atoms with Gasteiger partial charge in [-0.05, 0) is 19.9 Å². The molecule has 2 aromatic heterocycles. The van der Waals surface area contributed by atoms with Crippen molar-refractivity contribution >= 4 is 29.1 Å². The highest BCUT2D eigenvalue weighted by atomic mass is 35.5. The van der Waals surface area contributed by atoms with Crippen molar-refractivity contribution in [1.29, 1.82) is 5.26 Å².